The Morgan fingerprint density at radius 3 is 2.62 bits per heavy atom. The minimum absolute atomic E-state index is 0.148. The molecule has 1 saturated heterocycles. The number of carbonyl (C=O) groups excluding carboxylic acids is 3. The maximum Gasteiger partial charge on any atom is 0.324 e. The molecule has 2 N–H and O–H groups in total. The van der Waals surface area contributed by atoms with Gasteiger partial charge in [0, 0.05) is 31.9 Å². The van der Waals surface area contributed by atoms with Gasteiger partial charge in [0.2, 0.25) is 5.91 Å². The number of aromatic nitrogens is 1. The Morgan fingerprint density at radius 1 is 1.21 bits per heavy atom. The van der Waals surface area contributed by atoms with Crippen LogP contribution in [0.25, 0.3) is 0 Å². The number of nitrogens with one attached hydrogen (secondary N) is 2. The maximum absolute atomic E-state index is 12.5. The lowest BCUT2D eigenvalue weighted by Crippen LogP contribution is -2.34. The third-order valence-electron chi connectivity index (χ3n) is 5.07. The molecule has 2 aromatic rings. The van der Waals surface area contributed by atoms with Crippen molar-refractivity contribution in [3.63, 3.8) is 0 Å². The molecule has 154 valence electrons. The molecule has 29 heavy (non-hydrogen) atoms. The average molecular weight is 398 g/mol. The third-order valence-corrected chi connectivity index (χ3v) is 5.07. The van der Waals surface area contributed by atoms with Gasteiger partial charge in [-0.2, -0.15) is 0 Å². The fourth-order valence-corrected chi connectivity index (χ4v) is 3.25. The van der Waals surface area contributed by atoms with Crippen LogP contribution < -0.4 is 15.4 Å². The van der Waals surface area contributed by atoms with Crippen molar-refractivity contribution in [1.82, 2.24) is 20.1 Å². The second-order valence-corrected chi connectivity index (χ2v) is 7.02. The number of benzene rings is 1. The molecule has 0 radical (unpaired) electrons. The van der Waals surface area contributed by atoms with Crippen LogP contribution in [0.15, 0.2) is 42.6 Å². The molecule has 1 aliphatic rings. The number of carbonyl (C=O) groups is 3. The lowest BCUT2D eigenvalue weighted by Gasteiger charge is -2.13. The standard InChI is InChI=1S/C21H26N4O4/c1-24-12-3-4-16(24)14-22-19(26)10-9-18-20(27)25(21(28)23-18)13-11-15-5-7-17(29-2)8-6-15/h3-8,12,18H,9-11,13-14H2,1-2H3,(H,22,26)(H,23,28)/t18-/m1/s1. The van der Waals surface area contributed by atoms with E-state index in [2.05, 4.69) is 10.6 Å². The molecular weight excluding hydrogens is 372 g/mol. The van der Waals surface area contributed by atoms with Crippen molar-refractivity contribution < 1.29 is 19.1 Å². The van der Waals surface area contributed by atoms with E-state index in [-0.39, 0.29) is 24.7 Å². The van der Waals surface area contributed by atoms with E-state index in [1.54, 1.807) is 7.11 Å². The molecule has 1 aliphatic heterocycles. The highest BCUT2D eigenvalue weighted by Gasteiger charge is 2.37. The van der Waals surface area contributed by atoms with E-state index in [0.29, 0.717) is 19.5 Å². The average Bonchev–Trinajstić information content (AvgIpc) is 3.25. The minimum atomic E-state index is -0.654. The molecule has 2 heterocycles. The van der Waals surface area contributed by atoms with Gasteiger partial charge < -0.3 is 19.9 Å². The van der Waals surface area contributed by atoms with Gasteiger partial charge in [-0.25, -0.2) is 4.79 Å². The molecule has 0 aliphatic carbocycles. The van der Waals surface area contributed by atoms with Crippen molar-refractivity contribution in [2.24, 2.45) is 7.05 Å². The Bertz CT molecular complexity index is 875. The van der Waals surface area contributed by atoms with Crippen LogP contribution in [0.4, 0.5) is 4.79 Å². The summed E-state index contributed by atoms with van der Waals surface area (Å²) in [5, 5.41) is 5.51. The molecule has 3 rings (SSSR count). The van der Waals surface area contributed by atoms with Crippen LogP contribution in [0, 0.1) is 0 Å². The monoisotopic (exact) mass is 398 g/mol. The summed E-state index contributed by atoms with van der Waals surface area (Å²) in [6.07, 6.45) is 2.93. The van der Waals surface area contributed by atoms with Crippen LogP contribution in [0.5, 0.6) is 5.75 Å². The number of rotatable bonds is 9. The number of imide groups is 1. The third kappa shape index (κ3) is 5.16. The molecule has 0 bridgehead atoms. The van der Waals surface area contributed by atoms with E-state index >= 15 is 0 Å². The molecule has 1 aromatic heterocycles. The topological polar surface area (TPSA) is 92.7 Å². The highest BCUT2D eigenvalue weighted by molar-refractivity contribution is 6.04. The molecule has 4 amide bonds. The van der Waals surface area contributed by atoms with Gasteiger partial charge in [0.1, 0.15) is 11.8 Å². The maximum atomic E-state index is 12.5. The normalized spacial score (nSPS) is 16.1. The van der Waals surface area contributed by atoms with E-state index in [1.807, 2.05) is 54.2 Å². The van der Waals surface area contributed by atoms with Gasteiger partial charge in [-0.1, -0.05) is 12.1 Å². The van der Waals surface area contributed by atoms with Crippen LogP contribution in [0.1, 0.15) is 24.1 Å². The zero-order valence-corrected chi connectivity index (χ0v) is 16.7. The number of ether oxygens (including phenoxy) is 1. The number of hydrogen-bond donors (Lipinski definition) is 2. The summed E-state index contributed by atoms with van der Waals surface area (Å²) < 4.78 is 7.06. The molecule has 1 fully saturated rings. The highest BCUT2D eigenvalue weighted by Crippen LogP contribution is 2.15. The van der Waals surface area contributed by atoms with Gasteiger partial charge in [-0.3, -0.25) is 14.5 Å². The van der Waals surface area contributed by atoms with Crippen molar-refractivity contribution in [2.75, 3.05) is 13.7 Å². The summed E-state index contributed by atoms with van der Waals surface area (Å²) in [6.45, 7) is 0.731. The fourth-order valence-electron chi connectivity index (χ4n) is 3.25. The zero-order valence-electron chi connectivity index (χ0n) is 16.7. The number of nitrogens with zero attached hydrogens (tertiary/aromatic N) is 2. The Hall–Kier alpha value is -3.29. The van der Waals surface area contributed by atoms with Crippen LogP contribution in [-0.4, -0.2) is 47.0 Å². The van der Waals surface area contributed by atoms with Gasteiger partial charge in [0.25, 0.3) is 5.91 Å². The molecular formula is C21H26N4O4. The highest BCUT2D eigenvalue weighted by atomic mass is 16.5. The molecule has 8 heteroatoms. The van der Waals surface area contributed by atoms with Crippen LogP contribution in [-0.2, 0) is 29.6 Å². The number of hydrogen-bond acceptors (Lipinski definition) is 4. The van der Waals surface area contributed by atoms with E-state index in [0.717, 1.165) is 17.0 Å². The quantitative estimate of drug-likeness (QED) is 0.628. The van der Waals surface area contributed by atoms with Crippen molar-refractivity contribution in [3.8, 4) is 5.75 Å². The predicted octanol–water partition coefficient (Wildman–Crippen LogP) is 1.59. The first-order chi connectivity index (χ1) is 14.0. The van der Waals surface area contributed by atoms with Crippen LogP contribution in [0.2, 0.25) is 0 Å². The number of methoxy groups -OCH3 is 1. The first-order valence-electron chi connectivity index (χ1n) is 9.59. The summed E-state index contributed by atoms with van der Waals surface area (Å²) in [4.78, 5) is 38.0. The van der Waals surface area contributed by atoms with Crippen LogP contribution in [0.3, 0.4) is 0 Å². The molecule has 1 atom stereocenters. The Morgan fingerprint density at radius 2 is 1.97 bits per heavy atom. The van der Waals surface area contributed by atoms with E-state index in [1.165, 1.54) is 4.90 Å². The largest absolute Gasteiger partial charge is 0.497 e. The van der Waals surface area contributed by atoms with E-state index in [9.17, 15) is 14.4 Å². The van der Waals surface area contributed by atoms with Gasteiger partial charge in [0.15, 0.2) is 0 Å². The summed E-state index contributed by atoms with van der Waals surface area (Å²) >= 11 is 0. The Labute approximate surface area is 169 Å². The Kier molecular flexibility index (Phi) is 6.54. The summed E-state index contributed by atoms with van der Waals surface area (Å²) in [6, 6.07) is 10.3. The number of urea groups is 1. The van der Waals surface area contributed by atoms with Crippen molar-refractivity contribution in [3.05, 3.63) is 53.9 Å². The summed E-state index contributed by atoms with van der Waals surface area (Å²) in [5.41, 5.74) is 2.00. The summed E-state index contributed by atoms with van der Waals surface area (Å²) in [7, 11) is 3.51. The second kappa shape index (κ2) is 9.27. The number of amides is 4. The SMILES string of the molecule is COc1ccc(CCN2C(=O)N[C@H](CCC(=O)NCc3cccn3C)C2=O)cc1. The first-order valence-corrected chi connectivity index (χ1v) is 9.59. The van der Waals surface area contributed by atoms with Gasteiger partial charge in [-0.05, 0) is 42.7 Å². The zero-order chi connectivity index (χ0) is 20.8. The van der Waals surface area contributed by atoms with Gasteiger partial charge >= 0.3 is 6.03 Å². The number of aryl methyl sites for hydroxylation is 1. The van der Waals surface area contributed by atoms with Crippen LogP contribution >= 0.6 is 0 Å². The second-order valence-electron chi connectivity index (χ2n) is 7.02. The lowest BCUT2D eigenvalue weighted by atomic mass is 10.1. The van der Waals surface area contributed by atoms with Crippen molar-refractivity contribution in [2.45, 2.75) is 31.8 Å². The molecule has 0 spiro atoms. The smallest absolute Gasteiger partial charge is 0.324 e. The van der Waals surface area contributed by atoms with Gasteiger partial charge in [0.05, 0.1) is 13.7 Å². The van der Waals surface area contributed by atoms with E-state index < -0.39 is 12.1 Å². The lowest BCUT2D eigenvalue weighted by molar-refractivity contribution is -0.127. The molecule has 1 aromatic carbocycles. The van der Waals surface area contributed by atoms with E-state index in [4.69, 9.17) is 4.74 Å². The fraction of sp³-hybridized carbons (Fsp3) is 0.381. The Balaban J connectivity index is 1.44. The summed E-state index contributed by atoms with van der Waals surface area (Å²) in [5.74, 6) is 0.331. The predicted molar refractivity (Wildman–Crippen MR) is 107 cm³/mol. The first kappa shape index (κ1) is 20.4. The molecule has 0 saturated carbocycles. The minimum Gasteiger partial charge on any atom is -0.497 e. The van der Waals surface area contributed by atoms with Gasteiger partial charge in [-0.15, -0.1) is 0 Å². The molecule has 0 unspecified atom stereocenters. The van der Waals surface area contributed by atoms with Crippen molar-refractivity contribution >= 4 is 17.8 Å². The molecule has 8 nitrogen and oxygen atoms in total. The van der Waals surface area contributed by atoms with Crippen molar-refractivity contribution in [1.29, 1.82) is 0 Å².